The van der Waals surface area contributed by atoms with E-state index in [1.54, 1.807) is 11.1 Å². The van der Waals surface area contributed by atoms with Gasteiger partial charge in [0.1, 0.15) is 0 Å². The van der Waals surface area contributed by atoms with Crippen molar-refractivity contribution in [1.29, 1.82) is 0 Å². The van der Waals surface area contributed by atoms with Gasteiger partial charge in [0, 0.05) is 62.5 Å². The molecule has 1 fully saturated rings. The van der Waals surface area contributed by atoms with Gasteiger partial charge in [-0.2, -0.15) is 0 Å². The molecule has 0 N–H and O–H groups in total. The highest BCUT2D eigenvalue weighted by Gasteiger charge is 2.45. The van der Waals surface area contributed by atoms with Crippen molar-refractivity contribution < 1.29 is 0 Å². The average Bonchev–Trinajstić information content (AvgIpc) is 4.14. The quantitative estimate of drug-likeness (QED) is 0.0755. The molecule has 0 bridgehead atoms. The number of anilines is 2. The fraction of sp³-hybridized carbons (Fsp3) is 0.368. The summed E-state index contributed by atoms with van der Waals surface area (Å²) in [5, 5.41) is 0. The molecule has 0 radical (unpaired) electrons. The van der Waals surface area contributed by atoms with Gasteiger partial charge in [-0.1, -0.05) is 127 Å². The van der Waals surface area contributed by atoms with Crippen LogP contribution in [-0.2, 0) is 5.41 Å². The van der Waals surface area contributed by atoms with Crippen molar-refractivity contribution in [3.63, 3.8) is 0 Å². The van der Waals surface area contributed by atoms with Crippen molar-refractivity contribution in [2.45, 2.75) is 110 Å². The van der Waals surface area contributed by atoms with Gasteiger partial charge in [-0.15, -0.1) is 22.7 Å². The highest BCUT2D eigenvalue weighted by molar-refractivity contribution is 7.16. The molecule has 2 aliphatic carbocycles. The fourth-order valence-corrected chi connectivity index (χ4v) is 11.4. The van der Waals surface area contributed by atoms with Crippen LogP contribution < -0.4 is 9.80 Å². The molecule has 4 heteroatoms. The van der Waals surface area contributed by atoms with E-state index in [9.17, 15) is 0 Å². The standard InChI is InChI=1S/C57H66N2S2/c1-5-9-37-58(38-10-6-2)47-23-15-43(16-24-47)19-27-49-29-33-55(60-49)45-21-31-51-52-32-22-46(42-54(52)57(53(51)41-45)35-13-14-36-57)56-34-30-50(61-56)28-20-44-17-25-48(26-18-44)59(39-11-7-3)40-12-8-4/h15-34,41-42H,5-14,35-40H2,1-4H3/b27-19+,28-20+. The summed E-state index contributed by atoms with van der Waals surface area (Å²) in [4.78, 5) is 10.4. The zero-order valence-corrected chi connectivity index (χ0v) is 38.9. The van der Waals surface area contributed by atoms with Gasteiger partial charge in [0.25, 0.3) is 0 Å². The largest absolute Gasteiger partial charge is 0.372 e. The van der Waals surface area contributed by atoms with Crippen LogP contribution in [0.3, 0.4) is 0 Å². The second-order valence-corrected chi connectivity index (χ2v) is 19.7. The van der Waals surface area contributed by atoms with Crippen LogP contribution in [0.4, 0.5) is 11.4 Å². The lowest BCUT2D eigenvalue weighted by Crippen LogP contribution is -2.25. The summed E-state index contributed by atoms with van der Waals surface area (Å²) in [6, 6.07) is 42.3. The summed E-state index contributed by atoms with van der Waals surface area (Å²) < 4.78 is 0. The van der Waals surface area contributed by atoms with Crippen molar-refractivity contribution >= 4 is 58.4 Å². The molecule has 61 heavy (non-hydrogen) atoms. The first kappa shape index (κ1) is 43.0. The van der Waals surface area contributed by atoms with E-state index in [2.05, 4.69) is 171 Å². The predicted molar refractivity (Wildman–Crippen MR) is 273 cm³/mol. The zero-order valence-electron chi connectivity index (χ0n) is 37.2. The summed E-state index contributed by atoms with van der Waals surface area (Å²) in [6.45, 7) is 13.7. The number of thiophene rings is 2. The highest BCUT2D eigenvalue weighted by Crippen LogP contribution is 2.58. The first-order valence-electron chi connectivity index (χ1n) is 23.6. The topological polar surface area (TPSA) is 6.48 Å². The van der Waals surface area contributed by atoms with Crippen LogP contribution in [0.15, 0.2) is 109 Å². The smallest absolute Gasteiger partial charge is 0.0366 e. The lowest BCUT2D eigenvalue weighted by molar-refractivity contribution is 0.550. The van der Waals surface area contributed by atoms with Crippen LogP contribution >= 0.6 is 22.7 Å². The Kier molecular flexibility index (Phi) is 14.5. The maximum atomic E-state index is 2.56. The Bertz CT molecular complexity index is 2210. The summed E-state index contributed by atoms with van der Waals surface area (Å²) >= 11 is 3.80. The Morgan fingerprint density at radius 3 is 1.23 bits per heavy atom. The average molecular weight is 843 g/mol. The third-order valence-electron chi connectivity index (χ3n) is 13.2. The van der Waals surface area contributed by atoms with Crippen LogP contribution in [0.1, 0.15) is 137 Å². The van der Waals surface area contributed by atoms with Crippen molar-refractivity contribution in [2.24, 2.45) is 0 Å². The molecule has 0 unspecified atom stereocenters. The predicted octanol–water partition coefficient (Wildman–Crippen LogP) is 17.1. The number of fused-ring (bicyclic) bond motifs is 5. The summed E-state index contributed by atoms with van der Waals surface area (Å²) in [5.41, 5.74) is 14.0. The van der Waals surface area contributed by atoms with Crippen molar-refractivity contribution in [1.82, 2.24) is 0 Å². The summed E-state index contributed by atoms with van der Waals surface area (Å²) in [5.74, 6) is 0. The van der Waals surface area contributed by atoms with Crippen LogP contribution in [0, 0.1) is 0 Å². The van der Waals surface area contributed by atoms with Gasteiger partial charge in [0.2, 0.25) is 0 Å². The molecule has 1 saturated carbocycles. The van der Waals surface area contributed by atoms with Gasteiger partial charge in [-0.25, -0.2) is 0 Å². The zero-order chi connectivity index (χ0) is 42.0. The van der Waals surface area contributed by atoms with Gasteiger partial charge in [0.05, 0.1) is 0 Å². The molecule has 0 atom stereocenters. The maximum Gasteiger partial charge on any atom is 0.0366 e. The summed E-state index contributed by atoms with van der Waals surface area (Å²) in [6.07, 6.45) is 24.1. The molecular formula is C57H66N2S2. The molecule has 0 aliphatic heterocycles. The Morgan fingerprint density at radius 1 is 0.459 bits per heavy atom. The van der Waals surface area contributed by atoms with E-state index in [1.165, 1.54) is 141 Å². The lowest BCUT2D eigenvalue weighted by Gasteiger charge is -2.27. The lowest BCUT2D eigenvalue weighted by atomic mass is 9.76. The van der Waals surface area contributed by atoms with Crippen LogP contribution in [-0.4, -0.2) is 26.2 Å². The molecule has 2 aromatic heterocycles. The number of hydrogen-bond donors (Lipinski definition) is 0. The molecule has 2 aliphatic rings. The molecule has 316 valence electrons. The van der Waals surface area contributed by atoms with Crippen LogP contribution in [0.2, 0.25) is 0 Å². The fourth-order valence-electron chi connectivity index (χ4n) is 9.60. The Hall–Kier alpha value is -4.64. The minimum Gasteiger partial charge on any atom is -0.372 e. The van der Waals surface area contributed by atoms with Crippen molar-refractivity contribution in [3.05, 3.63) is 141 Å². The van der Waals surface area contributed by atoms with Gasteiger partial charge < -0.3 is 9.80 Å². The van der Waals surface area contributed by atoms with E-state index in [0.29, 0.717) is 0 Å². The normalized spacial score (nSPS) is 14.1. The van der Waals surface area contributed by atoms with Gasteiger partial charge in [0.15, 0.2) is 0 Å². The molecule has 0 amide bonds. The minimum absolute atomic E-state index is 0.111. The minimum atomic E-state index is 0.111. The van der Waals surface area contributed by atoms with E-state index in [1.807, 2.05) is 22.7 Å². The Morgan fingerprint density at radius 2 is 0.852 bits per heavy atom. The molecule has 2 nitrogen and oxygen atoms in total. The van der Waals surface area contributed by atoms with E-state index in [0.717, 1.165) is 26.2 Å². The van der Waals surface area contributed by atoms with Crippen molar-refractivity contribution in [2.75, 3.05) is 36.0 Å². The highest BCUT2D eigenvalue weighted by atomic mass is 32.1. The third-order valence-corrected chi connectivity index (χ3v) is 15.4. The van der Waals surface area contributed by atoms with Crippen LogP contribution in [0.5, 0.6) is 0 Å². The molecule has 8 rings (SSSR count). The van der Waals surface area contributed by atoms with Gasteiger partial charge in [-0.05, 0) is 156 Å². The third kappa shape index (κ3) is 9.87. The molecular weight excluding hydrogens is 777 g/mol. The number of nitrogens with zero attached hydrogens (tertiary/aromatic N) is 2. The second kappa shape index (κ2) is 20.5. The van der Waals surface area contributed by atoms with Crippen molar-refractivity contribution in [3.8, 4) is 32.0 Å². The van der Waals surface area contributed by atoms with Gasteiger partial charge >= 0.3 is 0 Å². The number of unbranched alkanes of at least 4 members (excludes halogenated alkanes) is 4. The van der Waals surface area contributed by atoms with E-state index < -0.39 is 0 Å². The van der Waals surface area contributed by atoms with E-state index >= 15 is 0 Å². The molecule has 6 aromatic rings. The molecule has 4 aromatic carbocycles. The first-order valence-corrected chi connectivity index (χ1v) is 25.2. The van der Waals surface area contributed by atoms with Gasteiger partial charge in [-0.3, -0.25) is 0 Å². The van der Waals surface area contributed by atoms with Crippen LogP contribution in [0.25, 0.3) is 56.3 Å². The summed E-state index contributed by atoms with van der Waals surface area (Å²) in [7, 11) is 0. The molecule has 1 spiro atoms. The molecule has 2 heterocycles. The number of benzene rings is 4. The number of hydrogen-bond acceptors (Lipinski definition) is 4. The Balaban J connectivity index is 0.961. The number of rotatable bonds is 20. The van der Waals surface area contributed by atoms with E-state index in [-0.39, 0.29) is 5.41 Å². The first-order chi connectivity index (χ1) is 30.0. The Labute approximate surface area is 375 Å². The maximum absolute atomic E-state index is 2.56. The SMILES string of the molecule is CCCCN(CCCC)c1ccc(/C=C/c2ccc(-c3ccc4c(c3)C3(CCCC3)c3cc(-c5ccc(/C=C/c6ccc(N(CCCC)CCCC)cc6)s5)ccc3-4)s2)cc1. The second-order valence-electron chi connectivity index (χ2n) is 17.5. The van der Waals surface area contributed by atoms with E-state index in [4.69, 9.17) is 0 Å². The monoisotopic (exact) mass is 842 g/mol. The molecule has 0 saturated heterocycles.